The monoisotopic (exact) mass is 406 g/mol. The number of nitrogens with zero attached hydrogens (tertiary/aromatic N) is 1. The summed E-state index contributed by atoms with van der Waals surface area (Å²) in [4.78, 5) is 3.76. The van der Waals surface area contributed by atoms with Gasteiger partial charge in [0, 0.05) is 10.7 Å². The van der Waals surface area contributed by atoms with E-state index in [1.807, 2.05) is 48.5 Å². The van der Waals surface area contributed by atoms with Gasteiger partial charge in [0.15, 0.2) is 5.11 Å². The Morgan fingerprint density at radius 3 is 2.33 bits per heavy atom. The van der Waals surface area contributed by atoms with Crippen molar-refractivity contribution < 1.29 is 14.4 Å². The van der Waals surface area contributed by atoms with Crippen LogP contribution in [-0.4, -0.2) is 56.5 Å². The van der Waals surface area contributed by atoms with Crippen LogP contribution in [0.3, 0.4) is 0 Å². The number of thiocarbonyl (C=S) groups is 1. The van der Waals surface area contributed by atoms with E-state index in [9.17, 15) is 0 Å². The third kappa shape index (κ3) is 5.99. The predicted molar refractivity (Wildman–Crippen MR) is 113 cm³/mol. The third-order valence-electron chi connectivity index (χ3n) is 4.64. The highest BCUT2D eigenvalue weighted by Gasteiger charge is 2.21. The first-order valence-electron chi connectivity index (χ1n) is 9.06. The van der Waals surface area contributed by atoms with E-state index < -0.39 is 0 Å². The average molecular weight is 407 g/mol. The summed E-state index contributed by atoms with van der Waals surface area (Å²) in [6.45, 7) is 5.67. The first-order chi connectivity index (χ1) is 13.1. The van der Waals surface area contributed by atoms with Crippen LogP contribution in [-0.2, 0) is 0 Å². The smallest absolute Gasteiger partial charge is 0.173 e. The van der Waals surface area contributed by atoms with Gasteiger partial charge in [0.25, 0.3) is 0 Å². The van der Waals surface area contributed by atoms with Crippen molar-refractivity contribution >= 4 is 34.6 Å². The van der Waals surface area contributed by atoms with Crippen molar-refractivity contribution in [1.82, 2.24) is 4.90 Å². The van der Waals surface area contributed by atoms with E-state index in [-0.39, 0.29) is 0 Å². The topological polar surface area (TPSA) is 38.2 Å². The Labute approximate surface area is 170 Å². The number of hydrogen-bond acceptors (Lipinski definition) is 3. The van der Waals surface area contributed by atoms with E-state index in [0.717, 1.165) is 60.0 Å². The highest BCUT2D eigenvalue weighted by Crippen LogP contribution is 2.16. The van der Waals surface area contributed by atoms with Crippen LogP contribution in [0.2, 0.25) is 5.02 Å². The maximum absolute atomic E-state index is 5.89. The van der Waals surface area contributed by atoms with Crippen LogP contribution in [0.25, 0.3) is 0 Å². The molecule has 1 heterocycles. The quantitative estimate of drug-likeness (QED) is 0.720. The number of ether oxygens (including phenoxy) is 2. The lowest BCUT2D eigenvalue weighted by atomic mass is 10.3. The van der Waals surface area contributed by atoms with Crippen LogP contribution in [0.15, 0.2) is 48.5 Å². The Morgan fingerprint density at radius 2 is 1.70 bits per heavy atom. The van der Waals surface area contributed by atoms with Crippen molar-refractivity contribution in [3.63, 3.8) is 0 Å². The minimum absolute atomic E-state index is 0.700. The zero-order valence-corrected chi connectivity index (χ0v) is 17.0. The lowest BCUT2D eigenvalue weighted by molar-refractivity contribution is -0.903. The molecule has 1 aliphatic heterocycles. The second-order valence-corrected chi connectivity index (χ2v) is 7.27. The molecule has 1 aliphatic rings. The van der Waals surface area contributed by atoms with Crippen LogP contribution in [0, 0.1) is 0 Å². The molecule has 0 aliphatic carbocycles. The van der Waals surface area contributed by atoms with Crippen LogP contribution >= 0.6 is 23.8 Å². The molecular weight excluding hydrogens is 382 g/mol. The Morgan fingerprint density at radius 1 is 1.07 bits per heavy atom. The number of anilines is 1. The lowest BCUT2D eigenvalue weighted by Crippen LogP contribution is -3.15. The van der Waals surface area contributed by atoms with Gasteiger partial charge in [-0.25, -0.2) is 0 Å². The molecule has 7 heteroatoms. The molecule has 0 amide bonds. The maximum Gasteiger partial charge on any atom is 0.173 e. The highest BCUT2D eigenvalue weighted by molar-refractivity contribution is 7.80. The van der Waals surface area contributed by atoms with Crippen molar-refractivity contribution in [2.24, 2.45) is 0 Å². The molecule has 0 spiro atoms. The van der Waals surface area contributed by atoms with E-state index in [4.69, 9.17) is 33.3 Å². The molecule has 144 valence electrons. The summed E-state index contributed by atoms with van der Waals surface area (Å²) in [5.74, 6) is 1.70. The van der Waals surface area contributed by atoms with Gasteiger partial charge in [-0.3, -0.25) is 0 Å². The maximum atomic E-state index is 5.89. The Hall–Kier alpha value is -2.02. The molecular formula is C20H25ClN3O2S+. The van der Waals surface area contributed by atoms with E-state index in [1.54, 1.807) is 7.11 Å². The molecule has 2 aromatic carbocycles. The summed E-state index contributed by atoms with van der Waals surface area (Å²) in [6, 6.07) is 15.3. The van der Waals surface area contributed by atoms with Crippen molar-refractivity contribution in [1.29, 1.82) is 0 Å². The molecule has 2 aromatic rings. The zero-order chi connectivity index (χ0) is 19.1. The highest BCUT2D eigenvalue weighted by atomic mass is 35.5. The molecule has 27 heavy (non-hydrogen) atoms. The fourth-order valence-corrected chi connectivity index (χ4v) is 3.42. The van der Waals surface area contributed by atoms with Crippen molar-refractivity contribution in [2.45, 2.75) is 0 Å². The number of benzene rings is 2. The van der Waals surface area contributed by atoms with Crippen LogP contribution < -0.4 is 19.7 Å². The summed E-state index contributed by atoms with van der Waals surface area (Å²) in [5.41, 5.74) is 0.979. The molecule has 0 aromatic heterocycles. The minimum Gasteiger partial charge on any atom is -0.497 e. The number of methoxy groups -OCH3 is 1. The van der Waals surface area contributed by atoms with Gasteiger partial charge in [0.2, 0.25) is 0 Å². The molecule has 1 saturated heterocycles. The fourth-order valence-electron chi connectivity index (χ4n) is 3.00. The fraction of sp³-hybridized carbons (Fsp3) is 0.350. The standard InChI is InChI=1S/C20H24ClN3O2S/c1-25-18-8-4-17(5-9-18)22-20(27)24-12-10-23(11-13-24)14-15-26-19-6-2-16(21)3-7-19/h2-9H,10-15H2,1H3,(H,22,27)/p+1. The van der Waals surface area contributed by atoms with Gasteiger partial charge in [0.05, 0.1) is 33.3 Å². The summed E-state index contributed by atoms with van der Waals surface area (Å²) in [5, 5.41) is 4.80. The van der Waals surface area contributed by atoms with E-state index >= 15 is 0 Å². The molecule has 0 radical (unpaired) electrons. The van der Waals surface area contributed by atoms with Gasteiger partial charge >= 0.3 is 0 Å². The first-order valence-corrected chi connectivity index (χ1v) is 9.84. The van der Waals surface area contributed by atoms with Gasteiger partial charge in [-0.15, -0.1) is 0 Å². The van der Waals surface area contributed by atoms with E-state index in [0.29, 0.717) is 6.61 Å². The number of hydrogen-bond donors (Lipinski definition) is 2. The molecule has 1 fully saturated rings. The van der Waals surface area contributed by atoms with Gasteiger partial charge in [0.1, 0.15) is 24.7 Å². The summed E-state index contributed by atoms with van der Waals surface area (Å²) in [7, 11) is 1.66. The number of halogens is 1. The Balaban J connectivity index is 1.37. The largest absolute Gasteiger partial charge is 0.497 e. The van der Waals surface area contributed by atoms with Crippen molar-refractivity contribution in [3.05, 3.63) is 53.6 Å². The van der Waals surface area contributed by atoms with Crippen molar-refractivity contribution in [3.8, 4) is 11.5 Å². The van der Waals surface area contributed by atoms with Crippen LogP contribution in [0.5, 0.6) is 11.5 Å². The number of rotatable bonds is 6. The Bertz CT molecular complexity index is 732. The molecule has 0 atom stereocenters. The van der Waals surface area contributed by atoms with Gasteiger partial charge in [-0.05, 0) is 60.7 Å². The minimum atomic E-state index is 0.700. The van der Waals surface area contributed by atoms with Gasteiger partial charge < -0.3 is 24.6 Å². The number of piperazine rings is 1. The lowest BCUT2D eigenvalue weighted by Gasteiger charge is -2.33. The molecule has 0 bridgehead atoms. The summed E-state index contributed by atoms with van der Waals surface area (Å²) < 4.78 is 11.0. The SMILES string of the molecule is COc1ccc(NC(=S)N2CC[NH+](CCOc3ccc(Cl)cc3)CC2)cc1. The average Bonchev–Trinajstić information content (AvgIpc) is 2.70. The van der Waals surface area contributed by atoms with Gasteiger partial charge in [-0.2, -0.15) is 0 Å². The normalized spacial score (nSPS) is 14.7. The number of quaternary nitrogens is 1. The zero-order valence-electron chi connectivity index (χ0n) is 15.4. The third-order valence-corrected chi connectivity index (χ3v) is 5.25. The van der Waals surface area contributed by atoms with Crippen molar-refractivity contribution in [2.75, 3.05) is 51.8 Å². The molecule has 5 nitrogen and oxygen atoms in total. The summed E-state index contributed by atoms with van der Waals surface area (Å²) >= 11 is 11.4. The molecule has 0 saturated carbocycles. The summed E-state index contributed by atoms with van der Waals surface area (Å²) in [6.07, 6.45) is 0. The van der Waals surface area contributed by atoms with E-state index in [2.05, 4.69) is 10.2 Å². The molecule has 0 unspecified atom stereocenters. The molecule has 2 N–H and O–H groups in total. The first kappa shape index (κ1) is 19.7. The predicted octanol–water partition coefficient (Wildman–Crippen LogP) is 2.32. The number of nitrogens with one attached hydrogen (secondary N) is 2. The van der Waals surface area contributed by atoms with E-state index in [1.165, 1.54) is 4.90 Å². The van der Waals surface area contributed by atoms with Crippen LogP contribution in [0.1, 0.15) is 0 Å². The Kier molecular flexibility index (Phi) is 7.15. The molecule has 3 rings (SSSR count). The van der Waals surface area contributed by atoms with Crippen LogP contribution in [0.4, 0.5) is 5.69 Å². The second kappa shape index (κ2) is 9.78. The van der Waals surface area contributed by atoms with Gasteiger partial charge in [-0.1, -0.05) is 11.6 Å². The second-order valence-electron chi connectivity index (χ2n) is 6.45.